The molecule has 2 N–H and O–H groups in total. The molecule has 2 rings (SSSR count). The fourth-order valence-electron chi connectivity index (χ4n) is 2.92. The zero-order valence-electron chi connectivity index (χ0n) is 11.6. The van der Waals surface area contributed by atoms with E-state index >= 15 is 0 Å². The molecule has 5 nitrogen and oxygen atoms in total. The Kier molecular flexibility index (Phi) is 4.75. The van der Waals surface area contributed by atoms with E-state index in [1.54, 1.807) is 0 Å². The van der Waals surface area contributed by atoms with Gasteiger partial charge in [-0.05, 0) is 25.2 Å². The number of aliphatic carboxylic acids is 1. The van der Waals surface area contributed by atoms with Crippen molar-refractivity contribution < 1.29 is 14.7 Å². The molecule has 0 radical (unpaired) electrons. The average molecular weight is 296 g/mol. The molecule has 0 saturated heterocycles. The van der Waals surface area contributed by atoms with Gasteiger partial charge in [-0.3, -0.25) is 9.59 Å². The van der Waals surface area contributed by atoms with Gasteiger partial charge in [0, 0.05) is 17.5 Å². The summed E-state index contributed by atoms with van der Waals surface area (Å²) in [5, 5.41) is 14.7. The lowest BCUT2D eigenvalue weighted by Gasteiger charge is -2.26. The Bertz CT molecular complexity index is 492. The van der Waals surface area contributed by atoms with Gasteiger partial charge < -0.3 is 10.4 Å². The van der Waals surface area contributed by atoms with E-state index in [9.17, 15) is 9.59 Å². The number of carboxylic acid groups (broad SMARTS) is 1. The quantitative estimate of drug-likeness (QED) is 0.845. The number of aryl methyl sites for hydroxylation is 1. The summed E-state index contributed by atoms with van der Waals surface area (Å²) in [6, 6.07) is 0. The van der Waals surface area contributed by atoms with Gasteiger partial charge in [-0.1, -0.05) is 12.8 Å². The van der Waals surface area contributed by atoms with Crippen LogP contribution in [0.25, 0.3) is 0 Å². The minimum atomic E-state index is -0.810. The Morgan fingerprint density at radius 2 is 2.10 bits per heavy atom. The van der Waals surface area contributed by atoms with Gasteiger partial charge >= 0.3 is 5.97 Å². The van der Waals surface area contributed by atoms with Crippen LogP contribution in [0.1, 0.15) is 49.2 Å². The number of carboxylic acids is 1. The molecule has 1 amide bonds. The number of amides is 1. The molecule has 1 aliphatic carbocycles. The molecule has 1 aliphatic rings. The molecule has 1 fully saturated rings. The highest BCUT2D eigenvalue weighted by atomic mass is 32.1. The molecule has 1 heterocycles. The van der Waals surface area contributed by atoms with Crippen LogP contribution in [0.3, 0.4) is 0 Å². The summed E-state index contributed by atoms with van der Waals surface area (Å²) in [5.41, 5.74) is 0.617. The lowest BCUT2D eigenvalue weighted by atomic mass is 9.79. The van der Waals surface area contributed by atoms with Crippen LogP contribution in [0, 0.1) is 12.3 Å². The molecule has 6 heteroatoms. The third-order valence-electron chi connectivity index (χ3n) is 3.83. The standard InChI is InChI=1S/C14H20N2O3S/c1-10-9-20-12(16-10)8-15-11(17)6-14(7-13(18)19)4-2-3-5-14/h9H,2-8H2,1H3,(H,15,17)(H,18,19). The van der Waals surface area contributed by atoms with Crippen LogP contribution in [0.4, 0.5) is 0 Å². The largest absolute Gasteiger partial charge is 0.481 e. The fraction of sp³-hybridized carbons (Fsp3) is 0.643. The number of aromatic nitrogens is 1. The van der Waals surface area contributed by atoms with Crippen LogP contribution in [-0.2, 0) is 16.1 Å². The number of hydrogen-bond acceptors (Lipinski definition) is 4. The molecule has 0 atom stereocenters. The van der Waals surface area contributed by atoms with Crippen LogP contribution in [0.15, 0.2) is 5.38 Å². The normalized spacial score (nSPS) is 17.1. The van der Waals surface area contributed by atoms with E-state index in [-0.39, 0.29) is 17.7 Å². The van der Waals surface area contributed by atoms with Gasteiger partial charge in [-0.15, -0.1) is 11.3 Å². The van der Waals surface area contributed by atoms with Gasteiger partial charge in [-0.25, -0.2) is 4.98 Å². The number of nitrogens with one attached hydrogen (secondary N) is 1. The molecule has 0 bridgehead atoms. The van der Waals surface area contributed by atoms with Crippen molar-refractivity contribution in [1.29, 1.82) is 0 Å². The van der Waals surface area contributed by atoms with E-state index in [4.69, 9.17) is 5.11 Å². The van der Waals surface area contributed by atoms with Crippen molar-refractivity contribution in [1.82, 2.24) is 10.3 Å². The molecule has 0 aromatic carbocycles. The molecule has 1 saturated carbocycles. The van der Waals surface area contributed by atoms with Gasteiger partial charge in [0.25, 0.3) is 0 Å². The van der Waals surface area contributed by atoms with Crippen molar-refractivity contribution in [3.63, 3.8) is 0 Å². The van der Waals surface area contributed by atoms with Crippen LogP contribution in [0.2, 0.25) is 0 Å². The highest BCUT2D eigenvalue weighted by molar-refractivity contribution is 7.09. The monoisotopic (exact) mass is 296 g/mol. The summed E-state index contributed by atoms with van der Waals surface area (Å²) < 4.78 is 0. The molecular formula is C14H20N2O3S. The number of thiazole rings is 1. The first-order valence-electron chi connectivity index (χ1n) is 6.89. The summed E-state index contributed by atoms with van der Waals surface area (Å²) in [7, 11) is 0. The third kappa shape index (κ3) is 4.03. The van der Waals surface area contributed by atoms with Crippen molar-refractivity contribution in [2.75, 3.05) is 0 Å². The summed E-state index contributed by atoms with van der Waals surface area (Å²) in [6.45, 7) is 2.35. The molecule has 1 aromatic rings. The maximum Gasteiger partial charge on any atom is 0.303 e. The zero-order chi connectivity index (χ0) is 14.6. The van der Waals surface area contributed by atoms with Gasteiger partial charge in [0.15, 0.2) is 0 Å². The van der Waals surface area contributed by atoms with Crippen molar-refractivity contribution in [3.05, 3.63) is 16.1 Å². The Balaban J connectivity index is 1.87. The lowest BCUT2D eigenvalue weighted by Crippen LogP contribution is -2.31. The first-order chi connectivity index (χ1) is 9.49. The van der Waals surface area contributed by atoms with Gasteiger partial charge in [0.05, 0.1) is 13.0 Å². The smallest absolute Gasteiger partial charge is 0.303 e. The summed E-state index contributed by atoms with van der Waals surface area (Å²) in [6.07, 6.45) is 4.12. The predicted molar refractivity (Wildman–Crippen MR) is 76.5 cm³/mol. The highest BCUT2D eigenvalue weighted by Crippen LogP contribution is 2.44. The number of nitrogens with zero attached hydrogens (tertiary/aromatic N) is 1. The maximum atomic E-state index is 12.0. The summed E-state index contributed by atoms with van der Waals surface area (Å²) >= 11 is 1.52. The van der Waals surface area contributed by atoms with E-state index in [0.717, 1.165) is 36.4 Å². The highest BCUT2D eigenvalue weighted by Gasteiger charge is 2.37. The minimum Gasteiger partial charge on any atom is -0.481 e. The topological polar surface area (TPSA) is 79.3 Å². The molecule has 1 aromatic heterocycles. The summed E-state index contributed by atoms with van der Waals surface area (Å²) in [5.74, 6) is -0.878. The number of carbonyl (C=O) groups is 2. The first-order valence-corrected chi connectivity index (χ1v) is 7.77. The van der Waals surface area contributed by atoms with Crippen LogP contribution in [0.5, 0.6) is 0 Å². The van der Waals surface area contributed by atoms with E-state index in [1.807, 2.05) is 12.3 Å². The van der Waals surface area contributed by atoms with Gasteiger partial charge in [-0.2, -0.15) is 0 Å². The second-order valence-corrected chi connectivity index (χ2v) is 6.56. The maximum absolute atomic E-state index is 12.0. The number of hydrogen-bond donors (Lipinski definition) is 2. The number of rotatable bonds is 6. The molecule has 20 heavy (non-hydrogen) atoms. The number of carbonyl (C=O) groups excluding carboxylic acids is 1. The predicted octanol–water partition coefficient (Wildman–Crippen LogP) is 2.49. The van der Waals surface area contributed by atoms with Crippen molar-refractivity contribution in [2.45, 2.75) is 52.0 Å². The van der Waals surface area contributed by atoms with Gasteiger partial charge in [0.2, 0.25) is 5.91 Å². The van der Waals surface area contributed by atoms with E-state index in [0.29, 0.717) is 13.0 Å². The Morgan fingerprint density at radius 3 is 2.65 bits per heavy atom. The van der Waals surface area contributed by atoms with E-state index < -0.39 is 5.97 Å². The van der Waals surface area contributed by atoms with Crippen LogP contribution in [-0.4, -0.2) is 22.0 Å². The molecule has 110 valence electrons. The van der Waals surface area contributed by atoms with Crippen molar-refractivity contribution in [3.8, 4) is 0 Å². The average Bonchev–Trinajstić information content (AvgIpc) is 2.95. The van der Waals surface area contributed by atoms with E-state index in [2.05, 4.69) is 10.3 Å². The SMILES string of the molecule is Cc1csc(CNC(=O)CC2(CC(=O)O)CCCC2)n1. The fourth-order valence-corrected chi connectivity index (χ4v) is 3.63. The zero-order valence-corrected chi connectivity index (χ0v) is 12.5. The molecule has 0 spiro atoms. The molecule has 0 aliphatic heterocycles. The Morgan fingerprint density at radius 1 is 1.40 bits per heavy atom. The van der Waals surface area contributed by atoms with E-state index in [1.165, 1.54) is 11.3 Å². The second kappa shape index (κ2) is 6.35. The lowest BCUT2D eigenvalue weighted by molar-refractivity contribution is -0.140. The van der Waals surface area contributed by atoms with Crippen LogP contribution >= 0.6 is 11.3 Å². The Hall–Kier alpha value is -1.43. The second-order valence-electron chi connectivity index (χ2n) is 5.61. The minimum absolute atomic E-state index is 0.0685. The molecular weight excluding hydrogens is 276 g/mol. The van der Waals surface area contributed by atoms with Crippen molar-refractivity contribution >= 4 is 23.2 Å². The third-order valence-corrected chi connectivity index (χ3v) is 4.80. The molecule has 0 unspecified atom stereocenters. The summed E-state index contributed by atoms with van der Waals surface area (Å²) in [4.78, 5) is 27.3. The van der Waals surface area contributed by atoms with Crippen molar-refractivity contribution in [2.24, 2.45) is 5.41 Å². The van der Waals surface area contributed by atoms with Gasteiger partial charge in [0.1, 0.15) is 5.01 Å². The first kappa shape index (κ1) is 15.0. The van der Waals surface area contributed by atoms with Crippen LogP contribution < -0.4 is 5.32 Å². The Labute approximate surface area is 122 Å².